The van der Waals surface area contributed by atoms with Crippen molar-refractivity contribution >= 4 is 11.6 Å². The Balaban J connectivity index is 1.93. The third-order valence-corrected chi connectivity index (χ3v) is 3.82. The predicted molar refractivity (Wildman–Crippen MR) is 87.2 cm³/mol. The predicted octanol–water partition coefficient (Wildman–Crippen LogP) is 4.62. The van der Waals surface area contributed by atoms with Gasteiger partial charge in [-0.05, 0) is 30.0 Å². The normalized spacial score (nSPS) is 12.1. The van der Waals surface area contributed by atoms with Crippen LogP contribution >= 0.6 is 11.6 Å². The van der Waals surface area contributed by atoms with Crippen LogP contribution in [0.1, 0.15) is 22.9 Å². The van der Waals surface area contributed by atoms with Crippen LogP contribution in [0, 0.1) is 0 Å². The molecule has 0 aliphatic rings. The molecule has 112 valence electrons. The van der Waals surface area contributed by atoms with Gasteiger partial charge in [0.05, 0.1) is 12.0 Å². The smallest absolute Gasteiger partial charge is 0.122 e. The van der Waals surface area contributed by atoms with Crippen molar-refractivity contribution in [3.63, 3.8) is 0 Å². The molecule has 0 saturated carbocycles. The second-order valence-electron chi connectivity index (χ2n) is 4.87. The first-order valence-electron chi connectivity index (χ1n) is 7.20. The van der Waals surface area contributed by atoms with Crippen molar-refractivity contribution in [3.8, 4) is 5.75 Å². The highest BCUT2D eigenvalue weighted by molar-refractivity contribution is 6.20. The number of ether oxygens (including phenoxy) is 2. The van der Waals surface area contributed by atoms with Crippen LogP contribution < -0.4 is 4.74 Å². The molecule has 2 rings (SSSR count). The van der Waals surface area contributed by atoms with Crippen LogP contribution in [0.5, 0.6) is 5.75 Å². The Bertz CT molecular complexity index is 528. The molecule has 0 aliphatic heterocycles. The highest BCUT2D eigenvalue weighted by atomic mass is 35.5. The molecular formula is C18H21ClO2. The number of aryl methyl sites for hydroxylation is 1. The number of para-hydroxylation sites is 1. The summed E-state index contributed by atoms with van der Waals surface area (Å²) in [6, 6.07) is 18.3. The molecule has 0 aromatic heterocycles. The van der Waals surface area contributed by atoms with Crippen molar-refractivity contribution in [1.29, 1.82) is 0 Å². The van der Waals surface area contributed by atoms with Crippen molar-refractivity contribution < 1.29 is 9.47 Å². The van der Waals surface area contributed by atoms with Gasteiger partial charge in [-0.3, -0.25) is 0 Å². The van der Waals surface area contributed by atoms with E-state index >= 15 is 0 Å². The molecule has 0 spiro atoms. The molecule has 0 bridgehead atoms. The van der Waals surface area contributed by atoms with Crippen molar-refractivity contribution in [1.82, 2.24) is 0 Å². The van der Waals surface area contributed by atoms with Crippen LogP contribution in [0.25, 0.3) is 0 Å². The topological polar surface area (TPSA) is 18.5 Å². The summed E-state index contributed by atoms with van der Waals surface area (Å²) < 4.78 is 10.8. The van der Waals surface area contributed by atoms with Gasteiger partial charge >= 0.3 is 0 Å². The van der Waals surface area contributed by atoms with Gasteiger partial charge in [0.1, 0.15) is 12.4 Å². The average Bonchev–Trinajstić information content (AvgIpc) is 2.54. The van der Waals surface area contributed by atoms with Crippen LogP contribution in [-0.2, 0) is 11.2 Å². The minimum absolute atomic E-state index is 0.0261. The third kappa shape index (κ3) is 5.07. The van der Waals surface area contributed by atoms with E-state index in [4.69, 9.17) is 21.1 Å². The lowest BCUT2D eigenvalue weighted by atomic mass is 10.0. The molecule has 0 radical (unpaired) electrons. The summed E-state index contributed by atoms with van der Waals surface area (Å²) in [5.41, 5.74) is 2.35. The molecule has 0 amide bonds. The largest absolute Gasteiger partial charge is 0.491 e. The van der Waals surface area contributed by atoms with Gasteiger partial charge in [-0.2, -0.15) is 0 Å². The number of rotatable bonds is 8. The van der Waals surface area contributed by atoms with Gasteiger partial charge < -0.3 is 9.47 Å². The molecule has 0 fully saturated rings. The molecule has 2 aromatic carbocycles. The summed E-state index contributed by atoms with van der Waals surface area (Å²) in [6.07, 6.45) is 1.78. The number of alkyl halides is 1. The van der Waals surface area contributed by atoms with Crippen LogP contribution in [0.3, 0.4) is 0 Å². The molecule has 2 nitrogen and oxygen atoms in total. The first-order chi connectivity index (χ1) is 10.3. The van der Waals surface area contributed by atoms with Crippen LogP contribution in [-0.4, -0.2) is 20.3 Å². The summed E-state index contributed by atoms with van der Waals surface area (Å²) in [4.78, 5) is 0. The average molecular weight is 305 g/mol. The highest BCUT2D eigenvalue weighted by Gasteiger charge is 2.10. The minimum Gasteiger partial charge on any atom is -0.491 e. The van der Waals surface area contributed by atoms with E-state index in [0.29, 0.717) is 13.2 Å². The maximum Gasteiger partial charge on any atom is 0.122 e. The fraction of sp³-hybridized carbons (Fsp3) is 0.333. The molecule has 21 heavy (non-hydrogen) atoms. The van der Waals surface area contributed by atoms with Gasteiger partial charge in [0.2, 0.25) is 0 Å². The fourth-order valence-corrected chi connectivity index (χ4v) is 2.45. The van der Waals surface area contributed by atoms with Gasteiger partial charge in [-0.15, -0.1) is 11.6 Å². The van der Waals surface area contributed by atoms with E-state index in [2.05, 4.69) is 18.2 Å². The minimum atomic E-state index is 0.0261. The molecule has 0 saturated heterocycles. The summed E-state index contributed by atoms with van der Waals surface area (Å²) in [5, 5.41) is 0.0261. The molecule has 0 N–H and O–H groups in total. The molecule has 3 heteroatoms. The van der Waals surface area contributed by atoms with Gasteiger partial charge in [0.15, 0.2) is 0 Å². The molecule has 1 atom stereocenters. The van der Waals surface area contributed by atoms with Crippen LogP contribution in [0.4, 0.5) is 0 Å². The standard InChI is InChI=1S/C18H21ClO2/c1-20-13-14-21-18-10-6-5-9-16(18)11-12-17(19)15-7-3-2-4-8-15/h2-10,17H,11-14H2,1H3. The number of hydrogen-bond donors (Lipinski definition) is 0. The Morgan fingerprint density at radius 3 is 2.43 bits per heavy atom. The van der Waals surface area contributed by atoms with E-state index in [1.54, 1.807) is 7.11 Å². The number of hydrogen-bond acceptors (Lipinski definition) is 2. The van der Waals surface area contributed by atoms with Gasteiger partial charge in [0, 0.05) is 7.11 Å². The summed E-state index contributed by atoms with van der Waals surface area (Å²) in [7, 11) is 1.67. The summed E-state index contributed by atoms with van der Waals surface area (Å²) >= 11 is 6.47. The lowest BCUT2D eigenvalue weighted by Crippen LogP contribution is -2.06. The van der Waals surface area contributed by atoms with E-state index in [-0.39, 0.29) is 5.38 Å². The van der Waals surface area contributed by atoms with Crippen LogP contribution in [0.2, 0.25) is 0 Å². The summed E-state index contributed by atoms with van der Waals surface area (Å²) in [6.45, 7) is 1.16. The van der Waals surface area contributed by atoms with Crippen LogP contribution in [0.15, 0.2) is 54.6 Å². The number of halogens is 1. The van der Waals surface area contributed by atoms with Crippen molar-refractivity contribution in [2.24, 2.45) is 0 Å². The lowest BCUT2D eigenvalue weighted by molar-refractivity contribution is 0.145. The Labute approximate surface area is 131 Å². The zero-order valence-electron chi connectivity index (χ0n) is 12.3. The van der Waals surface area contributed by atoms with E-state index in [0.717, 1.165) is 24.2 Å². The Morgan fingerprint density at radius 1 is 0.952 bits per heavy atom. The molecule has 2 aromatic rings. The van der Waals surface area contributed by atoms with Crippen molar-refractivity contribution in [2.45, 2.75) is 18.2 Å². The zero-order chi connectivity index (χ0) is 14.9. The number of benzene rings is 2. The maximum atomic E-state index is 6.47. The first kappa shape index (κ1) is 15.9. The van der Waals surface area contributed by atoms with Crippen molar-refractivity contribution in [2.75, 3.05) is 20.3 Å². The van der Waals surface area contributed by atoms with Gasteiger partial charge in [-0.25, -0.2) is 0 Å². The molecule has 0 aliphatic carbocycles. The van der Waals surface area contributed by atoms with Gasteiger partial charge in [-0.1, -0.05) is 48.5 Å². The first-order valence-corrected chi connectivity index (χ1v) is 7.63. The van der Waals surface area contributed by atoms with Crippen molar-refractivity contribution in [3.05, 3.63) is 65.7 Å². The fourth-order valence-electron chi connectivity index (χ4n) is 2.20. The third-order valence-electron chi connectivity index (χ3n) is 3.35. The Hall–Kier alpha value is -1.51. The number of methoxy groups -OCH3 is 1. The van der Waals surface area contributed by atoms with E-state index < -0.39 is 0 Å². The Morgan fingerprint density at radius 2 is 1.67 bits per heavy atom. The van der Waals surface area contributed by atoms with E-state index in [1.807, 2.05) is 36.4 Å². The molecule has 1 unspecified atom stereocenters. The second-order valence-corrected chi connectivity index (χ2v) is 5.39. The maximum absolute atomic E-state index is 6.47. The monoisotopic (exact) mass is 304 g/mol. The Kier molecular flexibility index (Phi) is 6.58. The quantitative estimate of drug-likeness (QED) is 0.523. The molecule has 0 heterocycles. The van der Waals surface area contributed by atoms with E-state index in [9.17, 15) is 0 Å². The SMILES string of the molecule is COCCOc1ccccc1CCC(Cl)c1ccccc1. The zero-order valence-corrected chi connectivity index (χ0v) is 13.1. The summed E-state index contributed by atoms with van der Waals surface area (Å²) in [5.74, 6) is 0.923. The van der Waals surface area contributed by atoms with E-state index in [1.165, 1.54) is 5.56 Å². The van der Waals surface area contributed by atoms with Gasteiger partial charge in [0.25, 0.3) is 0 Å². The lowest BCUT2D eigenvalue weighted by Gasteiger charge is -2.13. The molecular weight excluding hydrogens is 284 g/mol. The highest BCUT2D eigenvalue weighted by Crippen LogP contribution is 2.28. The second kappa shape index (κ2) is 8.71.